The van der Waals surface area contributed by atoms with Gasteiger partial charge in [-0.3, -0.25) is 4.79 Å². The van der Waals surface area contributed by atoms with Crippen LogP contribution in [0.1, 0.15) is 25.0 Å². The third-order valence-electron chi connectivity index (χ3n) is 1.55. The van der Waals surface area contributed by atoms with Crippen molar-refractivity contribution in [1.29, 1.82) is 0 Å². The van der Waals surface area contributed by atoms with E-state index in [2.05, 4.69) is 43.4 Å². The smallest absolute Gasteiger partial charge is 0.207 e. The van der Waals surface area contributed by atoms with Gasteiger partial charge in [0.25, 0.3) is 0 Å². The van der Waals surface area contributed by atoms with Crippen molar-refractivity contribution in [2.45, 2.75) is 27.7 Å². The molecule has 0 saturated heterocycles. The van der Waals surface area contributed by atoms with E-state index in [-0.39, 0.29) is 0 Å². The van der Waals surface area contributed by atoms with E-state index in [9.17, 15) is 4.79 Å². The van der Waals surface area contributed by atoms with Crippen molar-refractivity contribution >= 4 is 6.41 Å². The minimum absolute atomic E-state index is 0.513. The highest BCUT2D eigenvalue weighted by atomic mass is 16.1. The summed E-state index contributed by atoms with van der Waals surface area (Å²) in [6.07, 6.45) is 0.632. The maximum absolute atomic E-state index is 9.40. The van der Waals surface area contributed by atoms with Crippen LogP contribution in [0.3, 0.4) is 0 Å². The average molecular weight is 224 g/mol. The molecule has 92 valence electrons. The molecule has 3 N–H and O–H groups in total. The Hall–Kier alpha value is -1.35. The molecular weight excluding hydrogens is 200 g/mol. The van der Waals surface area contributed by atoms with E-state index in [4.69, 9.17) is 5.73 Å². The number of aryl methyl sites for hydroxylation is 2. The maximum atomic E-state index is 9.40. The molecule has 1 amide bonds. The Morgan fingerprint density at radius 1 is 1.25 bits per heavy atom. The molecule has 0 atom stereocenters. The molecule has 0 fully saturated rings. The summed E-state index contributed by atoms with van der Waals surface area (Å²) in [6, 6.07) is 8.45. The molecule has 3 nitrogen and oxygen atoms in total. The van der Waals surface area contributed by atoms with Crippen molar-refractivity contribution < 1.29 is 4.79 Å². The van der Waals surface area contributed by atoms with Gasteiger partial charge in [-0.25, -0.2) is 0 Å². The first-order valence-electron chi connectivity index (χ1n) is 5.61. The molecule has 0 saturated carbocycles. The van der Waals surface area contributed by atoms with Gasteiger partial charge in [-0.05, 0) is 13.8 Å². The Morgan fingerprint density at radius 2 is 1.75 bits per heavy atom. The Balaban J connectivity index is 0. The molecule has 0 radical (unpaired) electrons. The summed E-state index contributed by atoms with van der Waals surface area (Å²) in [4.78, 5) is 9.40. The van der Waals surface area contributed by atoms with E-state index < -0.39 is 0 Å². The summed E-state index contributed by atoms with van der Waals surface area (Å²) in [6.45, 7) is 9.29. The highest BCUT2D eigenvalue weighted by Crippen LogP contribution is 2.00. The van der Waals surface area contributed by atoms with Crippen molar-refractivity contribution in [1.82, 2.24) is 5.32 Å². The summed E-state index contributed by atoms with van der Waals surface area (Å²) in [5.74, 6) is 0. The molecule has 1 rings (SSSR count). The first-order chi connectivity index (χ1) is 7.70. The van der Waals surface area contributed by atoms with Crippen LogP contribution in [0, 0.1) is 13.8 Å². The number of hydrogen-bond acceptors (Lipinski definition) is 2. The zero-order chi connectivity index (χ0) is 12.8. The minimum atomic E-state index is 0.513. The number of carbonyl (C=O) groups is 1. The van der Waals surface area contributed by atoms with Crippen LogP contribution in [0.15, 0.2) is 24.3 Å². The Labute approximate surface area is 99.0 Å². The van der Waals surface area contributed by atoms with Crippen LogP contribution in [0.2, 0.25) is 0 Å². The molecule has 0 bridgehead atoms. The molecule has 1 aromatic carbocycles. The molecule has 0 aliphatic carbocycles. The number of hydrogen-bond donors (Lipinski definition) is 2. The number of amides is 1. The fraction of sp³-hybridized carbons (Fsp3) is 0.462. The summed E-state index contributed by atoms with van der Waals surface area (Å²) in [5, 5.41) is 2.39. The van der Waals surface area contributed by atoms with Crippen LogP contribution >= 0.6 is 0 Å². The number of nitrogens with two attached hydrogens (primary N) is 1. The Bertz CT molecular complexity index is 245. The molecular formula is C13H24N2O. The molecule has 0 unspecified atom stereocenters. The van der Waals surface area contributed by atoms with Crippen LogP contribution in [0.25, 0.3) is 0 Å². The molecule has 3 heteroatoms. The Morgan fingerprint density at radius 3 is 1.94 bits per heavy atom. The molecule has 0 heterocycles. The first kappa shape index (κ1) is 17.1. The van der Waals surface area contributed by atoms with Crippen molar-refractivity contribution in [2.24, 2.45) is 5.73 Å². The van der Waals surface area contributed by atoms with Crippen LogP contribution < -0.4 is 11.1 Å². The predicted molar refractivity (Wildman–Crippen MR) is 70.4 cm³/mol. The second-order valence-corrected chi connectivity index (χ2v) is 3.02. The standard InChI is InChI=1S/C8H10.C3H8N2O.C2H6/c1-7-4-3-5-8(2)6-7;4-1-2-5-3-6;1-2/h3-6H,1-2H3;3H,1-2,4H2,(H,5,6);1-2H3. The van der Waals surface area contributed by atoms with Gasteiger partial charge in [-0.2, -0.15) is 0 Å². The third-order valence-corrected chi connectivity index (χ3v) is 1.55. The molecule has 1 aromatic rings. The summed E-state index contributed by atoms with van der Waals surface area (Å²) in [7, 11) is 0. The van der Waals surface area contributed by atoms with Gasteiger partial charge in [0.15, 0.2) is 0 Å². The zero-order valence-corrected chi connectivity index (χ0v) is 10.8. The van der Waals surface area contributed by atoms with Gasteiger partial charge in [0.05, 0.1) is 0 Å². The molecule has 0 aromatic heterocycles. The summed E-state index contributed by atoms with van der Waals surface area (Å²) >= 11 is 0. The van der Waals surface area contributed by atoms with Crippen molar-refractivity contribution in [3.8, 4) is 0 Å². The van der Waals surface area contributed by atoms with Gasteiger partial charge < -0.3 is 11.1 Å². The number of carbonyl (C=O) groups excluding carboxylic acids is 1. The summed E-state index contributed by atoms with van der Waals surface area (Å²) in [5.41, 5.74) is 7.67. The normalized spacial score (nSPS) is 7.81. The van der Waals surface area contributed by atoms with Crippen LogP contribution in [-0.4, -0.2) is 19.5 Å². The average Bonchev–Trinajstić information content (AvgIpc) is 2.29. The van der Waals surface area contributed by atoms with Gasteiger partial charge >= 0.3 is 0 Å². The largest absolute Gasteiger partial charge is 0.357 e. The SMILES string of the molecule is CC.Cc1cccc(C)c1.NCCNC=O. The lowest BCUT2D eigenvalue weighted by Gasteiger charge is -1.90. The van der Waals surface area contributed by atoms with E-state index in [1.54, 1.807) is 0 Å². The lowest BCUT2D eigenvalue weighted by Crippen LogP contribution is -2.20. The van der Waals surface area contributed by atoms with Crippen molar-refractivity contribution in [3.05, 3.63) is 35.4 Å². The second-order valence-electron chi connectivity index (χ2n) is 3.02. The molecule has 0 aliphatic rings. The Kier molecular flexibility index (Phi) is 14.6. The highest BCUT2D eigenvalue weighted by molar-refractivity contribution is 5.45. The topological polar surface area (TPSA) is 55.1 Å². The molecule has 0 spiro atoms. The lowest BCUT2D eigenvalue weighted by atomic mass is 10.2. The number of benzene rings is 1. The van der Waals surface area contributed by atoms with Crippen LogP contribution in [0.4, 0.5) is 0 Å². The monoisotopic (exact) mass is 224 g/mol. The fourth-order valence-corrected chi connectivity index (χ4v) is 0.949. The van der Waals surface area contributed by atoms with Gasteiger partial charge in [0, 0.05) is 13.1 Å². The molecule has 0 aliphatic heterocycles. The minimum Gasteiger partial charge on any atom is -0.357 e. The van der Waals surface area contributed by atoms with E-state index in [0.717, 1.165) is 0 Å². The van der Waals surface area contributed by atoms with Crippen LogP contribution in [-0.2, 0) is 4.79 Å². The van der Waals surface area contributed by atoms with Gasteiger partial charge in [0.1, 0.15) is 0 Å². The van der Waals surface area contributed by atoms with E-state index in [1.807, 2.05) is 13.8 Å². The third kappa shape index (κ3) is 12.7. The number of rotatable bonds is 3. The van der Waals surface area contributed by atoms with E-state index in [0.29, 0.717) is 19.5 Å². The van der Waals surface area contributed by atoms with Gasteiger partial charge in [-0.1, -0.05) is 49.2 Å². The second kappa shape index (κ2) is 13.7. The zero-order valence-electron chi connectivity index (χ0n) is 10.8. The van der Waals surface area contributed by atoms with Crippen LogP contribution in [0.5, 0.6) is 0 Å². The highest BCUT2D eigenvalue weighted by Gasteiger charge is 1.80. The summed E-state index contributed by atoms with van der Waals surface area (Å²) < 4.78 is 0. The van der Waals surface area contributed by atoms with Gasteiger partial charge in [-0.15, -0.1) is 0 Å². The molecule has 16 heavy (non-hydrogen) atoms. The predicted octanol–water partition coefficient (Wildman–Crippen LogP) is 2.02. The van der Waals surface area contributed by atoms with E-state index in [1.165, 1.54) is 11.1 Å². The van der Waals surface area contributed by atoms with Crippen molar-refractivity contribution in [2.75, 3.05) is 13.1 Å². The van der Waals surface area contributed by atoms with Crippen molar-refractivity contribution in [3.63, 3.8) is 0 Å². The first-order valence-corrected chi connectivity index (χ1v) is 5.61. The quantitative estimate of drug-likeness (QED) is 0.609. The van der Waals surface area contributed by atoms with Gasteiger partial charge in [0.2, 0.25) is 6.41 Å². The number of nitrogens with one attached hydrogen (secondary N) is 1. The van der Waals surface area contributed by atoms with E-state index >= 15 is 0 Å². The maximum Gasteiger partial charge on any atom is 0.207 e. The fourth-order valence-electron chi connectivity index (χ4n) is 0.949. The lowest BCUT2D eigenvalue weighted by molar-refractivity contribution is -0.109.